The molecular formula is C22H13F2NO7S. The van der Waals surface area contributed by atoms with Crippen LogP contribution in [0.4, 0.5) is 8.78 Å². The van der Waals surface area contributed by atoms with Crippen LogP contribution >= 0.6 is 0 Å². The third kappa shape index (κ3) is 3.00. The first-order chi connectivity index (χ1) is 15.6. The van der Waals surface area contributed by atoms with Crippen LogP contribution in [-0.4, -0.2) is 30.1 Å². The van der Waals surface area contributed by atoms with E-state index >= 15 is 0 Å². The van der Waals surface area contributed by atoms with Gasteiger partial charge in [-0.1, -0.05) is 24.3 Å². The molecule has 0 spiro atoms. The van der Waals surface area contributed by atoms with E-state index in [9.17, 15) is 31.3 Å². The van der Waals surface area contributed by atoms with Gasteiger partial charge in [0, 0.05) is 23.0 Å². The van der Waals surface area contributed by atoms with Crippen molar-refractivity contribution in [3.05, 3.63) is 70.0 Å². The summed E-state index contributed by atoms with van der Waals surface area (Å²) in [5, 5.41) is 0.0266. The molecule has 0 bridgehead atoms. The van der Waals surface area contributed by atoms with Crippen molar-refractivity contribution in [3.63, 3.8) is 0 Å². The van der Waals surface area contributed by atoms with Crippen molar-refractivity contribution in [3.8, 4) is 17.2 Å². The molecule has 0 aliphatic carbocycles. The highest BCUT2D eigenvalue weighted by Gasteiger charge is 2.31. The van der Waals surface area contributed by atoms with Crippen molar-refractivity contribution in [2.75, 3.05) is 6.61 Å². The van der Waals surface area contributed by atoms with Crippen LogP contribution < -0.4 is 10.2 Å². The van der Waals surface area contributed by atoms with Crippen LogP contribution in [0, 0.1) is 11.6 Å². The zero-order valence-corrected chi connectivity index (χ0v) is 17.6. The van der Waals surface area contributed by atoms with E-state index in [1.165, 1.54) is 16.7 Å². The smallest absolute Gasteiger partial charge is 0.343 e. The van der Waals surface area contributed by atoms with Gasteiger partial charge in [-0.25, -0.2) is 9.18 Å². The van der Waals surface area contributed by atoms with E-state index in [1.54, 1.807) is 19.1 Å². The lowest BCUT2D eigenvalue weighted by Crippen LogP contribution is -2.23. The normalized spacial score (nSPS) is 12.5. The van der Waals surface area contributed by atoms with E-state index in [0.29, 0.717) is 6.07 Å². The summed E-state index contributed by atoms with van der Waals surface area (Å²) >= 11 is 0. The van der Waals surface area contributed by atoms with Crippen LogP contribution in [0.3, 0.4) is 0 Å². The van der Waals surface area contributed by atoms with Crippen molar-refractivity contribution in [1.29, 1.82) is 0 Å². The number of ether oxygens (including phenoxy) is 2. The molecule has 1 aliphatic heterocycles. The Kier molecular flexibility index (Phi) is 4.52. The summed E-state index contributed by atoms with van der Waals surface area (Å²) < 4.78 is 74.6. The lowest BCUT2D eigenvalue weighted by atomic mass is 10.0. The fourth-order valence-corrected chi connectivity index (χ4v) is 4.69. The van der Waals surface area contributed by atoms with E-state index in [1.807, 2.05) is 0 Å². The van der Waals surface area contributed by atoms with Gasteiger partial charge < -0.3 is 14.0 Å². The lowest BCUT2D eigenvalue weighted by molar-refractivity contribution is 0.0524. The summed E-state index contributed by atoms with van der Waals surface area (Å²) in [4.78, 5) is 24.9. The monoisotopic (exact) mass is 473 g/mol. The molecular weight excluding hydrogens is 460 g/mol. The van der Waals surface area contributed by atoms with Crippen molar-refractivity contribution in [1.82, 2.24) is 4.57 Å². The molecule has 0 atom stereocenters. The maximum Gasteiger partial charge on any atom is 0.343 e. The van der Waals surface area contributed by atoms with Crippen molar-refractivity contribution in [2.24, 2.45) is 0 Å². The Bertz CT molecular complexity index is 1690. The van der Waals surface area contributed by atoms with Gasteiger partial charge in [0.15, 0.2) is 17.3 Å². The van der Waals surface area contributed by atoms with E-state index in [-0.39, 0.29) is 39.7 Å². The molecule has 11 heteroatoms. The average molecular weight is 473 g/mol. The van der Waals surface area contributed by atoms with Crippen LogP contribution in [0.25, 0.3) is 27.4 Å². The number of hydrogen-bond donors (Lipinski definition) is 1. The zero-order chi connectivity index (χ0) is 23.7. The summed E-state index contributed by atoms with van der Waals surface area (Å²) in [5.74, 6) is -4.68. The summed E-state index contributed by atoms with van der Waals surface area (Å²) in [6.45, 7) is 1.51. The van der Waals surface area contributed by atoms with Gasteiger partial charge in [0.25, 0.3) is 10.1 Å². The second-order valence-corrected chi connectivity index (χ2v) is 8.59. The minimum absolute atomic E-state index is 0.0281. The van der Waals surface area contributed by atoms with Gasteiger partial charge in [0.2, 0.25) is 11.2 Å². The first-order valence-corrected chi connectivity index (χ1v) is 11.0. The molecule has 33 heavy (non-hydrogen) atoms. The molecule has 8 nitrogen and oxygen atoms in total. The van der Waals surface area contributed by atoms with Gasteiger partial charge in [0.1, 0.15) is 16.0 Å². The largest absolute Gasteiger partial charge is 0.462 e. The molecule has 0 amide bonds. The minimum Gasteiger partial charge on any atom is -0.462 e. The maximum absolute atomic E-state index is 14.7. The molecule has 3 aromatic carbocycles. The molecule has 1 N–H and O–H groups in total. The maximum atomic E-state index is 14.7. The fourth-order valence-electron chi connectivity index (χ4n) is 3.98. The van der Waals surface area contributed by atoms with Gasteiger partial charge >= 0.3 is 5.97 Å². The van der Waals surface area contributed by atoms with E-state index in [0.717, 1.165) is 12.3 Å². The Morgan fingerprint density at radius 2 is 1.85 bits per heavy atom. The number of benzene rings is 3. The Balaban J connectivity index is 2.02. The standard InChI is InChI=1S/C22H13F2NO7S/c1-2-31-22(27)13-9-25-18-11-6-4-3-5-10(11)16(33(28,29)30)8-15(18)32-21-17(24)14(23)7-12(19(21)25)20(13)26/h3-9H,2H2,1H3,(H,28,29,30). The van der Waals surface area contributed by atoms with Gasteiger partial charge in [-0.05, 0) is 13.0 Å². The van der Waals surface area contributed by atoms with E-state index < -0.39 is 49.4 Å². The number of pyridine rings is 1. The predicted molar refractivity (Wildman–Crippen MR) is 113 cm³/mol. The quantitative estimate of drug-likeness (QED) is 0.312. The van der Waals surface area contributed by atoms with Crippen LogP contribution in [0.5, 0.6) is 11.5 Å². The Morgan fingerprint density at radius 1 is 1.15 bits per heavy atom. The summed E-state index contributed by atoms with van der Waals surface area (Å²) in [7, 11) is -4.73. The van der Waals surface area contributed by atoms with Gasteiger partial charge in [-0.3, -0.25) is 9.35 Å². The molecule has 0 saturated heterocycles. The number of fused-ring (bicyclic) bond motifs is 4. The Morgan fingerprint density at radius 3 is 2.52 bits per heavy atom. The third-order valence-electron chi connectivity index (χ3n) is 5.31. The molecule has 0 fully saturated rings. The van der Waals surface area contributed by atoms with Crippen LogP contribution in [0.2, 0.25) is 0 Å². The zero-order valence-electron chi connectivity index (χ0n) is 16.8. The van der Waals surface area contributed by atoms with Gasteiger partial charge in [0.05, 0.1) is 17.7 Å². The predicted octanol–water partition coefficient (Wildman–Crippen LogP) is 3.95. The first kappa shape index (κ1) is 21.0. The SMILES string of the molecule is CCOC(=O)c1cn2c3c(c(F)c(F)cc3c1=O)Oc1cc(S(=O)(=O)O)c3ccccc3c1-2. The van der Waals surface area contributed by atoms with E-state index in [4.69, 9.17) is 9.47 Å². The highest BCUT2D eigenvalue weighted by atomic mass is 32.2. The molecule has 168 valence electrons. The third-order valence-corrected chi connectivity index (χ3v) is 6.20. The summed E-state index contributed by atoms with van der Waals surface area (Å²) in [5.41, 5.74) is -1.31. The number of carbonyl (C=O) groups excluding carboxylic acids is 1. The number of rotatable bonds is 3. The molecule has 0 saturated carbocycles. The van der Waals surface area contributed by atoms with Crippen molar-refractivity contribution < 1.29 is 36.0 Å². The molecule has 4 aromatic rings. The number of carbonyl (C=O) groups is 1. The number of hydrogen-bond acceptors (Lipinski definition) is 6. The molecule has 0 radical (unpaired) electrons. The second-order valence-electron chi connectivity index (χ2n) is 7.20. The van der Waals surface area contributed by atoms with E-state index in [2.05, 4.69) is 0 Å². The highest BCUT2D eigenvalue weighted by Crippen LogP contribution is 2.46. The molecule has 2 heterocycles. The van der Waals surface area contributed by atoms with Crippen LogP contribution in [0.1, 0.15) is 17.3 Å². The summed E-state index contributed by atoms with van der Waals surface area (Å²) in [6, 6.07) is 7.72. The Hall–Kier alpha value is -3.83. The molecule has 0 unspecified atom stereocenters. The van der Waals surface area contributed by atoms with Crippen molar-refractivity contribution >= 4 is 37.8 Å². The minimum atomic E-state index is -4.73. The number of halogens is 2. The number of esters is 1. The fraction of sp³-hybridized carbons (Fsp3) is 0.0909. The van der Waals surface area contributed by atoms with Crippen molar-refractivity contribution in [2.45, 2.75) is 11.8 Å². The number of aromatic nitrogens is 1. The molecule has 1 aromatic heterocycles. The van der Waals surface area contributed by atoms with Crippen LogP contribution in [0.15, 0.2) is 52.3 Å². The first-order valence-electron chi connectivity index (χ1n) is 9.59. The molecule has 5 rings (SSSR count). The topological polar surface area (TPSA) is 112 Å². The van der Waals surface area contributed by atoms with Gasteiger partial charge in [-0.15, -0.1) is 0 Å². The second kappa shape index (κ2) is 7.09. The highest BCUT2D eigenvalue weighted by molar-refractivity contribution is 7.86. The molecule has 1 aliphatic rings. The van der Waals surface area contributed by atoms with Crippen LogP contribution in [-0.2, 0) is 14.9 Å². The van der Waals surface area contributed by atoms with Gasteiger partial charge in [-0.2, -0.15) is 12.8 Å². The number of nitrogens with zero attached hydrogens (tertiary/aromatic N) is 1. The average Bonchev–Trinajstić information content (AvgIpc) is 2.77. The summed E-state index contributed by atoms with van der Waals surface area (Å²) in [6.07, 6.45) is 1.12. The Labute approximate surface area is 184 Å². The lowest BCUT2D eigenvalue weighted by Gasteiger charge is -2.26.